The molecule has 0 spiro atoms. The smallest absolute Gasteiger partial charge is 0.338 e. The molecular weight excluding hydrogens is 428 g/mol. The molecule has 7 nitrogen and oxygen atoms in total. The molecule has 154 valence electrons. The van der Waals surface area contributed by atoms with Crippen molar-refractivity contribution in [1.82, 2.24) is 10.2 Å². The molecule has 0 saturated carbocycles. The summed E-state index contributed by atoms with van der Waals surface area (Å²) < 4.78 is 17.2. The highest BCUT2D eigenvalue weighted by atomic mass is 79.9. The summed E-state index contributed by atoms with van der Waals surface area (Å²) in [5.74, 6) is 0.626. The summed E-state index contributed by atoms with van der Waals surface area (Å²) >= 11 is 3.55. The van der Waals surface area contributed by atoms with Crippen molar-refractivity contribution in [2.45, 2.75) is 46.8 Å². The summed E-state index contributed by atoms with van der Waals surface area (Å²) in [6, 6.07) is 2.60. The number of hydrogen-bond acceptors (Lipinski definition) is 5. The van der Waals surface area contributed by atoms with Gasteiger partial charge in [-0.15, -0.1) is 0 Å². The average Bonchev–Trinajstić information content (AvgIpc) is 2.61. The quantitative estimate of drug-likeness (QED) is 0.625. The number of carbonyl (C=O) groups excluding carboxylic acids is 2. The number of halogens is 1. The monoisotopic (exact) mass is 454 g/mol. The molecule has 28 heavy (non-hydrogen) atoms. The van der Waals surface area contributed by atoms with Gasteiger partial charge in [0.1, 0.15) is 0 Å². The van der Waals surface area contributed by atoms with Gasteiger partial charge in [-0.1, -0.05) is 15.9 Å². The Labute approximate surface area is 174 Å². The van der Waals surface area contributed by atoms with Crippen LogP contribution < -0.4 is 14.8 Å². The lowest BCUT2D eigenvalue weighted by molar-refractivity contribution is -0.139. The zero-order valence-corrected chi connectivity index (χ0v) is 18.7. The van der Waals surface area contributed by atoms with Crippen molar-refractivity contribution in [2.75, 3.05) is 20.3 Å². The van der Waals surface area contributed by atoms with Crippen LogP contribution in [0.15, 0.2) is 27.9 Å². The van der Waals surface area contributed by atoms with Crippen LogP contribution in [0.5, 0.6) is 11.5 Å². The van der Waals surface area contributed by atoms with Crippen molar-refractivity contribution < 1.29 is 23.8 Å². The van der Waals surface area contributed by atoms with Gasteiger partial charge in [0.25, 0.3) is 0 Å². The van der Waals surface area contributed by atoms with E-state index in [1.54, 1.807) is 33.1 Å². The second-order valence-electron chi connectivity index (χ2n) is 6.54. The summed E-state index contributed by atoms with van der Waals surface area (Å²) in [6.45, 7) is 9.89. The summed E-state index contributed by atoms with van der Waals surface area (Å²) in [5.41, 5.74) is 1.64. The fraction of sp³-hybridized carbons (Fsp3) is 0.500. The lowest BCUT2D eigenvalue weighted by Gasteiger charge is -2.35. The number of nitrogens with one attached hydrogen (secondary N) is 1. The summed E-state index contributed by atoms with van der Waals surface area (Å²) in [7, 11) is 1.55. The fourth-order valence-electron chi connectivity index (χ4n) is 3.15. The Morgan fingerprint density at radius 2 is 1.96 bits per heavy atom. The lowest BCUT2D eigenvalue weighted by atomic mass is 9.94. The third-order valence-corrected chi connectivity index (χ3v) is 5.05. The number of carbonyl (C=O) groups is 2. The maximum atomic E-state index is 12.7. The SMILES string of the molecule is CCOC(=O)C1=C(C)N(CC)C(=O)NC1c1cc(OC)c(OC(C)C)cc1Br. The van der Waals surface area contributed by atoms with Crippen LogP contribution in [0, 0.1) is 0 Å². The number of benzene rings is 1. The summed E-state index contributed by atoms with van der Waals surface area (Å²) in [4.78, 5) is 26.8. The van der Waals surface area contributed by atoms with Gasteiger partial charge in [0.15, 0.2) is 11.5 Å². The van der Waals surface area contributed by atoms with E-state index in [0.29, 0.717) is 39.4 Å². The molecule has 1 aromatic carbocycles. The molecule has 2 rings (SSSR count). The zero-order valence-electron chi connectivity index (χ0n) is 17.1. The Morgan fingerprint density at radius 1 is 1.29 bits per heavy atom. The van der Waals surface area contributed by atoms with Crippen LogP contribution in [0.3, 0.4) is 0 Å². The molecule has 1 aliphatic heterocycles. The van der Waals surface area contributed by atoms with Gasteiger partial charge >= 0.3 is 12.0 Å². The number of urea groups is 1. The van der Waals surface area contributed by atoms with Gasteiger partial charge in [-0.3, -0.25) is 4.90 Å². The number of amides is 2. The standard InChI is InChI=1S/C20H27BrN2O5/c1-7-23-12(5)17(19(24)27-8-2)18(22-20(23)25)13-9-15(26-6)16(10-14(13)21)28-11(3)4/h9-11,18H,7-8H2,1-6H3,(H,22,25). The molecule has 0 fully saturated rings. The van der Waals surface area contributed by atoms with Crippen molar-refractivity contribution in [1.29, 1.82) is 0 Å². The Hall–Kier alpha value is -2.22. The number of methoxy groups -OCH3 is 1. The maximum Gasteiger partial charge on any atom is 0.338 e. The third-order valence-electron chi connectivity index (χ3n) is 4.36. The van der Waals surface area contributed by atoms with Crippen LogP contribution in [0.4, 0.5) is 4.79 Å². The molecule has 1 N–H and O–H groups in total. The highest BCUT2D eigenvalue weighted by Gasteiger charge is 2.37. The minimum absolute atomic E-state index is 0.0311. The third kappa shape index (κ3) is 4.43. The molecular formula is C20H27BrN2O5. The first kappa shape index (κ1) is 22.1. The summed E-state index contributed by atoms with van der Waals surface area (Å²) in [5, 5.41) is 2.91. The normalized spacial score (nSPS) is 16.9. The highest BCUT2D eigenvalue weighted by molar-refractivity contribution is 9.10. The topological polar surface area (TPSA) is 77.1 Å². The first-order valence-electron chi connectivity index (χ1n) is 9.25. The van der Waals surface area contributed by atoms with Crippen LogP contribution in [-0.2, 0) is 9.53 Å². The first-order chi connectivity index (χ1) is 13.2. The minimum atomic E-state index is -0.675. The number of allylic oxidation sites excluding steroid dienone is 1. The second-order valence-corrected chi connectivity index (χ2v) is 7.39. The number of esters is 1. The predicted molar refractivity (Wildman–Crippen MR) is 109 cm³/mol. The number of hydrogen-bond donors (Lipinski definition) is 1. The molecule has 8 heteroatoms. The lowest BCUT2D eigenvalue weighted by Crippen LogP contribution is -2.48. The van der Waals surface area contributed by atoms with E-state index in [4.69, 9.17) is 14.2 Å². The van der Waals surface area contributed by atoms with E-state index in [1.165, 1.54) is 4.90 Å². The van der Waals surface area contributed by atoms with E-state index >= 15 is 0 Å². The Morgan fingerprint density at radius 3 is 2.50 bits per heavy atom. The molecule has 1 heterocycles. The van der Waals surface area contributed by atoms with Gasteiger partial charge in [0, 0.05) is 16.7 Å². The Balaban J connectivity index is 2.61. The molecule has 0 radical (unpaired) electrons. The van der Waals surface area contributed by atoms with Crippen LogP contribution in [0.1, 0.15) is 46.2 Å². The highest BCUT2D eigenvalue weighted by Crippen LogP contribution is 2.41. The molecule has 1 aliphatic rings. The van der Waals surface area contributed by atoms with Gasteiger partial charge in [0.2, 0.25) is 0 Å². The van der Waals surface area contributed by atoms with Gasteiger partial charge in [-0.25, -0.2) is 9.59 Å². The van der Waals surface area contributed by atoms with Gasteiger partial charge < -0.3 is 19.5 Å². The fourth-order valence-corrected chi connectivity index (χ4v) is 3.70. The first-order valence-corrected chi connectivity index (χ1v) is 10.0. The molecule has 0 bridgehead atoms. The van der Waals surface area contributed by atoms with Crippen LogP contribution in [-0.4, -0.2) is 43.3 Å². The van der Waals surface area contributed by atoms with Crippen LogP contribution in [0.2, 0.25) is 0 Å². The van der Waals surface area contributed by atoms with Crippen LogP contribution >= 0.6 is 15.9 Å². The minimum Gasteiger partial charge on any atom is -0.493 e. The summed E-state index contributed by atoms with van der Waals surface area (Å²) in [6.07, 6.45) is -0.0311. The number of rotatable bonds is 7. The van der Waals surface area contributed by atoms with Gasteiger partial charge in [0.05, 0.1) is 31.4 Å². The van der Waals surface area contributed by atoms with Crippen molar-refractivity contribution >= 4 is 27.9 Å². The zero-order chi connectivity index (χ0) is 21.0. The van der Waals surface area contributed by atoms with E-state index in [-0.39, 0.29) is 18.7 Å². The number of nitrogens with zero attached hydrogens (tertiary/aromatic N) is 1. The predicted octanol–water partition coefficient (Wildman–Crippen LogP) is 4.17. The second kappa shape index (κ2) is 9.32. The molecule has 2 amide bonds. The van der Waals surface area contributed by atoms with Crippen molar-refractivity contribution in [3.05, 3.63) is 33.4 Å². The van der Waals surface area contributed by atoms with E-state index in [9.17, 15) is 9.59 Å². The van der Waals surface area contributed by atoms with E-state index in [0.717, 1.165) is 0 Å². The molecule has 1 aromatic rings. The molecule has 0 aromatic heterocycles. The molecule has 0 aliphatic carbocycles. The van der Waals surface area contributed by atoms with E-state index < -0.39 is 12.0 Å². The molecule has 1 unspecified atom stereocenters. The average molecular weight is 455 g/mol. The van der Waals surface area contributed by atoms with Crippen molar-refractivity contribution in [2.24, 2.45) is 0 Å². The van der Waals surface area contributed by atoms with Crippen LogP contribution in [0.25, 0.3) is 0 Å². The van der Waals surface area contributed by atoms with E-state index in [1.807, 2.05) is 20.8 Å². The van der Waals surface area contributed by atoms with E-state index in [2.05, 4.69) is 21.2 Å². The molecule has 0 saturated heterocycles. The van der Waals surface area contributed by atoms with Crippen molar-refractivity contribution in [3.8, 4) is 11.5 Å². The molecule has 1 atom stereocenters. The van der Waals surface area contributed by atoms with Crippen molar-refractivity contribution in [3.63, 3.8) is 0 Å². The number of ether oxygens (including phenoxy) is 3. The Bertz CT molecular complexity index is 791. The maximum absolute atomic E-state index is 12.7. The van der Waals surface area contributed by atoms with Gasteiger partial charge in [-0.05, 0) is 52.3 Å². The Kier molecular flexibility index (Phi) is 7.35. The largest absolute Gasteiger partial charge is 0.493 e. The van der Waals surface area contributed by atoms with Gasteiger partial charge in [-0.2, -0.15) is 0 Å².